The standard InChI is InChI=1S/C22H25N3O4S/c1-12(22(29)14-8-4-5-9-16(14)25(2)21(22)28)18-19(13-7-6-10-17(13)26)23-15(11-30-3)20(27)24-18/h4-6,8-10,12,15,18,23,29H,7,11H2,1-3H3,(H,24,27)/b19-13-/t12-,15?,18?,22?/m1/s1. The quantitative estimate of drug-likeness (QED) is 0.623. The fourth-order valence-electron chi connectivity index (χ4n) is 4.58. The minimum atomic E-state index is -1.82. The molecule has 0 bridgehead atoms. The van der Waals surface area contributed by atoms with Gasteiger partial charge >= 0.3 is 0 Å². The van der Waals surface area contributed by atoms with Gasteiger partial charge < -0.3 is 20.6 Å². The van der Waals surface area contributed by atoms with E-state index in [1.165, 1.54) is 22.7 Å². The van der Waals surface area contributed by atoms with Crippen LogP contribution in [0.5, 0.6) is 0 Å². The Hall–Kier alpha value is -2.58. The molecule has 4 rings (SSSR count). The minimum absolute atomic E-state index is 0.115. The van der Waals surface area contributed by atoms with Crippen LogP contribution >= 0.6 is 11.8 Å². The summed E-state index contributed by atoms with van der Waals surface area (Å²) in [5.74, 6) is -0.939. The Morgan fingerprint density at radius 2 is 2.00 bits per heavy atom. The number of aliphatic hydroxyl groups is 1. The van der Waals surface area contributed by atoms with Crippen molar-refractivity contribution < 1.29 is 19.5 Å². The summed E-state index contributed by atoms with van der Waals surface area (Å²) in [6.07, 6.45) is 5.66. The average Bonchev–Trinajstić information content (AvgIpc) is 3.25. The van der Waals surface area contributed by atoms with E-state index < -0.39 is 29.5 Å². The molecule has 2 amide bonds. The van der Waals surface area contributed by atoms with E-state index >= 15 is 0 Å². The van der Waals surface area contributed by atoms with Crippen LogP contribution in [0.2, 0.25) is 0 Å². The van der Waals surface area contributed by atoms with Crippen LogP contribution in [0.4, 0.5) is 5.69 Å². The largest absolute Gasteiger partial charge is 0.375 e. The van der Waals surface area contributed by atoms with E-state index in [2.05, 4.69) is 10.6 Å². The van der Waals surface area contributed by atoms with Gasteiger partial charge in [-0.1, -0.05) is 31.2 Å². The average molecular weight is 428 g/mol. The van der Waals surface area contributed by atoms with Crippen LogP contribution in [-0.4, -0.2) is 53.8 Å². The first kappa shape index (κ1) is 20.7. The van der Waals surface area contributed by atoms with Gasteiger partial charge in [-0.15, -0.1) is 0 Å². The summed E-state index contributed by atoms with van der Waals surface area (Å²) in [5.41, 5.74) is 0.474. The van der Waals surface area contributed by atoms with Crippen LogP contribution in [0.15, 0.2) is 47.7 Å². The van der Waals surface area contributed by atoms with Crippen molar-refractivity contribution in [3.63, 3.8) is 0 Å². The molecule has 0 spiro atoms. The summed E-state index contributed by atoms with van der Waals surface area (Å²) in [6.45, 7) is 1.74. The third-order valence-corrected chi connectivity index (χ3v) is 6.93. The van der Waals surface area contributed by atoms with Gasteiger partial charge in [0.05, 0.1) is 11.7 Å². The van der Waals surface area contributed by atoms with Crippen LogP contribution in [0.25, 0.3) is 0 Å². The molecule has 0 aromatic heterocycles. The van der Waals surface area contributed by atoms with E-state index in [-0.39, 0.29) is 11.7 Å². The molecule has 7 nitrogen and oxygen atoms in total. The maximum atomic E-state index is 13.2. The summed E-state index contributed by atoms with van der Waals surface area (Å²) >= 11 is 1.53. The summed E-state index contributed by atoms with van der Waals surface area (Å²) in [7, 11) is 1.63. The molecule has 1 aromatic carbocycles. The second-order valence-electron chi connectivity index (χ2n) is 7.94. The molecule has 2 aliphatic heterocycles. The Bertz CT molecular complexity index is 988. The first-order chi connectivity index (χ1) is 14.3. The molecule has 2 heterocycles. The number of carbonyl (C=O) groups is 3. The lowest BCUT2D eigenvalue weighted by Gasteiger charge is -2.41. The van der Waals surface area contributed by atoms with Crippen LogP contribution in [0.3, 0.4) is 0 Å². The van der Waals surface area contributed by atoms with Gasteiger partial charge in [0, 0.05) is 35.6 Å². The fourth-order valence-corrected chi connectivity index (χ4v) is 5.15. The Morgan fingerprint density at radius 1 is 1.27 bits per heavy atom. The van der Waals surface area contributed by atoms with Crippen molar-refractivity contribution in [1.82, 2.24) is 10.6 Å². The van der Waals surface area contributed by atoms with Crippen LogP contribution in [0, 0.1) is 5.92 Å². The highest BCUT2D eigenvalue weighted by atomic mass is 32.2. The number of ketones is 1. The van der Waals surface area contributed by atoms with Gasteiger partial charge in [0.25, 0.3) is 5.91 Å². The maximum Gasteiger partial charge on any atom is 0.263 e. The normalized spacial score (nSPS) is 31.6. The Balaban J connectivity index is 1.78. The number of fused-ring (bicyclic) bond motifs is 1. The molecule has 8 heteroatoms. The van der Waals surface area contributed by atoms with Crippen LogP contribution in [0.1, 0.15) is 18.9 Å². The van der Waals surface area contributed by atoms with E-state index in [0.29, 0.717) is 34.7 Å². The second kappa shape index (κ2) is 7.59. The molecule has 158 valence electrons. The molecule has 3 aliphatic rings. The van der Waals surface area contributed by atoms with Gasteiger partial charge in [0.1, 0.15) is 6.04 Å². The fraction of sp³-hybridized carbons (Fsp3) is 0.409. The Kier molecular flexibility index (Phi) is 5.23. The molecule has 4 atom stereocenters. The van der Waals surface area contributed by atoms with Crippen molar-refractivity contribution in [2.75, 3.05) is 24.0 Å². The lowest BCUT2D eigenvalue weighted by molar-refractivity contribution is -0.144. The van der Waals surface area contributed by atoms with E-state index in [9.17, 15) is 19.5 Å². The molecule has 30 heavy (non-hydrogen) atoms. The number of allylic oxidation sites excluding steroid dienone is 3. The smallest absolute Gasteiger partial charge is 0.263 e. The Morgan fingerprint density at radius 3 is 2.67 bits per heavy atom. The molecule has 3 N–H and O–H groups in total. The first-order valence-electron chi connectivity index (χ1n) is 9.90. The van der Waals surface area contributed by atoms with Gasteiger partial charge in [-0.05, 0) is 24.8 Å². The molecule has 1 fully saturated rings. The number of carbonyl (C=O) groups excluding carboxylic acids is 3. The summed E-state index contributed by atoms with van der Waals surface area (Å²) in [4.78, 5) is 39.8. The predicted octanol–water partition coefficient (Wildman–Crippen LogP) is 1.09. The molecule has 3 unspecified atom stereocenters. The van der Waals surface area contributed by atoms with Crippen molar-refractivity contribution in [1.29, 1.82) is 0 Å². The number of piperazine rings is 1. The summed E-state index contributed by atoms with van der Waals surface area (Å²) in [5, 5.41) is 17.9. The molecule has 1 saturated heterocycles. The summed E-state index contributed by atoms with van der Waals surface area (Å²) < 4.78 is 0. The number of benzene rings is 1. The van der Waals surface area contributed by atoms with Gasteiger partial charge in [0.15, 0.2) is 11.4 Å². The van der Waals surface area contributed by atoms with Crippen molar-refractivity contribution in [3.8, 4) is 0 Å². The maximum absolute atomic E-state index is 13.2. The number of thioether (sulfide) groups is 1. The molecular formula is C22H25N3O4S. The predicted molar refractivity (Wildman–Crippen MR) is 116 cm³/mol. The highest BCUT2D eigenvalue weighted by molar-refractivity contribution is 7.98. The minimum Gasteiger partial charge on any atom is -0.375 e. The summed E-state index contributed by atoms with van der Waals surface area (Å²) in [6, 6.07) is 5.92. The van der Waals surface area contributed by atoms with E-state index in [0.717, 1.165) is 0 Å². The molecular weight excluding hydrogens is 402 g/mol. The van der Waals surface area contributed by atoms with Gasteiger partial charge in [0.2, 0.25) is 5.91 Å². The highest BCUT2D eigenvalue weighted by Gasteiger charge is 2.56. The number of likely N-dealkylation sites (N-methyl/N-ethyl adjacent to an activating group) is 1. The van der Waals surface area contributed by atoms with Gasteiger partial charge in [-0.2, -0.15) is 11.8 Å². The zero-order chi connectivity index (χ0) is 21.6. The van der Waals surface area contributed by atoms with Crippen molar-refractivity contribution in [2.24, 2.45) is 5.92 Å². The number of para-hydroxylation sites is 1. The van der Waals surface area contributed by atoms with E-state index in [1.807, 2.05) is 12.3 Å². The number of anilines is 1. The lowest BCUT2D eigenvalue weighted by Crippen LogP contribution is -2.63. The molecule has 0 radical (unpaired) electrons. The second-order valence-corrected chi connectivity index (χ2v) is 8.85. The number of rotatable bonds is 4. The SMILES string of the molecule is CSCC1N/C(=C2/CC=CC2=O)C([C@@H](C)C2(O)C(=O)N(C)c3ccccc32)NC1=O. The lowest BCUT2D eigenvalue weighted by atomic mass is 9.76. The highest BCUT2D eigenvalue weighted by Crippen LogP contribution is 2.46. The van der Waals surface area contributed by atoms with Crippen LogP contribution < -0.4 is 15.5 Å². The Labute approximate surface area is 179 Å². The molecule has 1 aromatic rings. The number of nitrogens with zero attached hydrogens (tertiary/aromatic N) is 1. The number of hydrogen-bond acceptors (Lipinski definition) is 6. The third-order valence-electron chi connectivity index (χ3n) is 6.27. The number of hydrogen-bond donors (Lipinski definition) is 3. The van der Waals surface area contributed by atoms with Crippen molar-refractivity contribution in [3.05, 3.63) is 53.3 Å². The van der Waals surface area contributed by atoms with Gasteiger partial charge in [-0.3, -0.25) is 14.4 Å². The first-order valence-corrected chi connectivity index (χ1v) is 11.3. The van der Waals surface area contributed by atoms with E-state index in [1.54, 1.807) is 38.2 Å². The van der Waals surface area contributed by atoms with Gasteiger partial charge in [-0.25, -0.2) is 0 Å². The van der Waals surface area contributed by atoms with Crippen LogP contribution in [-0.2, 0) is 20.0 Å². The van der Waals surface area contributed by atoms with E-state index in [4.69, 9.17) is 0 Å². The zero-order valence-corrected chi connectivity index (χ0v) is 18.0. The molecule has 0 saturated carbocycles. The monoisotopic (exact) mass is 427 g/mol. The number of amides is 2. The van der Waals surface area contributed by atoms with Crippen molar-refractivity contribution in [2.45, 2.75) is 31.0 Å². The topological polar surface area (TPSA) is 98.7 Å². The molecule has 1 aliphatic carbocycles. The number of nitrogens with one attached hydrogen (secondary N) is 2. The van der Waals surface area contributed by atoms with Crippen molar-refractivity contribution >= 4 is 35.0 Å². The zero-order valence-electron chi connectivity index (χ0n) is 17.1. The third kappa shape index (κ3) is 2.97.